The van der Waals surface area contributed by atoms with Gasteiger partial charge in [-0.15, -0.1) is 5.10 Å². The number of benzene rings is 2. The maximum atomic E-state index is 5.96. The molecule has 26 heavy (non-hydrogen) atoms. The first-order chi connectivity index (χ1) is 12.7. The Morgan fingerprint density at radius 2 is 1.92 bits per heavy atom. The lowest BCUT2D eigenvalue weighted by Crippen LogP contribution is -2.23. The SMILES string of the molecule is CCc1ccc(N2CCOC2c2cn(Cc3ccccc3C)nn2)cc1. The number of nitrogens with zero attached hydrogens (tertiary/aromatic N) is 4. The van der Waals surface area contributed by atoms with Crippen LogP contribution >= 0.6 is 0 Å². The van der Waals surface area contributed by atoms with Gasteiger partial charge < -0.3 is 9.64 Å². The Morgan fingerprint density at radius 1 is 1.12 bits per heavy atom. The van der Waals surface area contributed by atoms with Crippen LogP contribution in [0.4, 0.5) is 5.69 Å². The van der Waals surface area contributed by atoms with Gasteiger partial charge in [-0.05, 0) is 42.2 Å². The molecule has 1 saturated heterocycles. The molecule has 5 heteroatoms. The fourth-order valence-corrected chi connectivity index (χ4v) is 3.37. The van der Waals surface area contributed by atoms with Crippen molar-refractivity contribution >= 4 is 5.69 Å². The third-order valence-corrected chi connectivity index (χ3v) is 4.97. The van der Waals surface area contributed by atoms with Gasteiger partial charge >= 0.3 is 0 Å². The predicted molar refractivity (Wildman–Crippen MR) is 102 cm³/mol. The molecule has 0 bridgehead atoms. The van der Waals surface area contributed by atoms with Crippen LogP contribution in [0.15, 0.2) is 54.7 Å². The minimum absolute atomic E-state index is 0.173. The molecule has 5 nitrogen and oxygen atoms in total. The zero-order valence-electron chi connectivity index (χ0n) is 15.3. The third-order valence-electron chi connectivity index (χ3n) is 4.97. The molecule has 1 aliphatic rings. The Labute approximate surface area is 154 Å². The average molecular weight is 348 g/mol. The number of aryl methyl sites for hydroxylation is 2. The second kappa shape index (κ2) is 7.30. The molecule has 1 atom stereocenters. The summed E-state index contributed by atoms with van der Waals surface area (Å²) in [5.74, 6) is 0. The topological polar surface area (TPSA) is 43.2 Å². The van der Waals surface area contributed by atoms with Gasteiger partial charge in [0.2, 0.25) is 0 Å². The van der Waals surface area contributed by atoms with Crippen LogP contribution in [0.25, 0.3) is 0 Å². The normalized spacial score (nSPS) is 17.0. The van der Waals surface area contributed by atoms with E-state index in [2.05, 4.69) is 77.6 Å². The van der Waals surface area contributed by atoms with Crippen molar-refractivity contribution in [3.05, 3.63) is 77.1 Å². The number of hydrogen-bond donors (Lipinski definition) is 0. The third kappa shape index (κ3) is 3.35. The van der Waals surface area contributed by atoms with E-state index in [1.54, 1.807) is 0 Å². The summed E-state index contributed by atoms with van der Waals surface area (Å²) in [4.78, 5) is 2.25. The van der Waals surface area contributed by atoms with E-state index >= 15 is 0 Å². The standard InChI is InChI=1S/C21H24N4O/c1-3-17-8-10-19(11-9-17)25-12-13-26-21(25)20-15-24(23-22-20)14-18-7-5-4-6-16(18)2/h4-11,15,21H,3,12-14H2,1-2H3. The van der Waals surface area contributed by atoms with E-state index in [9.17, 15) is 0 Å². The first kappa shape index (κ1) is 16.8. The molecule has 0 N–H and O–H groups in total. The summed E-state index contributed by atoms with van der Waals surface area (Å²) in [6.07, 6.45) is 2.87. The minimum atomic E-state index is -0.173. The highest BCUT2D eigenvalue weighted by atomic mass is 16.5. The number of anilines is 1. The zero-order valence-corrected chi connectivity index (χ0v) is 15.3. The van der Waals surface area contributed by atoms with E-state index < -0.39 is 0 Å². The van der Waals surface area contributed by atoms with Crippen molar-refractivity contribution in [2.45, 2.75) is 33.0 Å². The van der Waals surface area contributed by atoms with Crippen LogP contribution in [0, 0.1) is 6.92 Å². The van der Waals surface area contributed by atoms with Gasteiger partial charge in [-0.3, -0.25) is 0 Å². The summed E-state index contributed by atoms with van der Waals surface area (Å²) in [5, 5.41) is 8.69. The molecule has 2 aromatic carbocycles. The number of ether oxygens (including phenoxy) is 1. The lowest BCUT2D eigenvalue weighted by atomic mass is 10.1. The highest BCUT2D eigenvalue weighted by molar-refractivity contribution is 5.49. The lowest BCUT2D eigenvalue weighted by molar-refractivity contribution is 0.110. The Kier molecular flexibility index (Phi) is 4.71. The van der Waals surface area contributed by atoms with E-state index in [4.69, 9.17) is 4.74 Å². The molecule has 0 saturated carbocycles. The number of hydrogen-bond acceptors (Lipinski definition) is 4. The smallest absolute Gasteiger partial charge is 0.177 e. The predicted octanol–water partition coefficient (Wildman–Crippen LogP) is 3.73. The number of rotatable bonds is 5. The summed E-state index contributed by atoms with van der Waals surface area (Å²) < 4.78 is 7.85. The molecule has 2 heterocycles. The van der Waals surface area contributed by atoms with Crippen molar-refractivity contribution < 1.29 is 4.74 Å². The van der Waals surface area contributed by atoms with Crippen LogP contribution in [0.1, 0.15) is 35.5 Å². The average Bonchev–Trinajstić information content (AvgIpc) is 3.33. The number of aromatic nitrogens is 3. The molecule has 1 aromatic heterocycles. The molecule has 3 aromatic rings. The van der Waals surface area contributed by atoms with Gasteiger partial charge in [0.05, 0.1) is 19.3 Å². The van der Waals surface area contributed by atoms with Crippen molar-refractivity contribution in [2.24, 2.45) is 0 Å². The molecule has 0 spiro atoms. The molecule has 0 radical (unpaired) electrons. The summed E-state index contributed by atoms with van der Waals surface area (Å²) in [7, 11) is 0. The molecule has 4 rings (SSSR count). The van der Waals surface area contributed by atoms with Crippen molar-refractivity contribution in [3.63, 3.8) is 0 Å². The molecular formula is C21H24N4O. The second-order valence-corrected chi connectivity index (χ2v) is 6.70. The van der Waals surface area contributed by atoms with Gasteiger partial charge in [0.25, 0.3) is 0 Å². The van der Waals surface area contributed by atoms with E-state index in [-0.39, 0.29) is 6.23 Å². The van der Waals surface area contributed by atoms with Crippen molar-refractivity contribution in [1.82, 2.24) is 15.0 Å². The van der Waals surface area contributed by atoms with Gasteiger partial charge in [-0.25, -0.2) is 4.68 Å². The second-order valence-electron chi connectivity index (χ2n) is 6.70. The van der Waals surface area contributed by atoms with Crippen LogP contribution in [0.2, 0.25) is 0 Å². The highest BCUT2D eigenvalue weighted by Gasteiger charge is 2.29. The van der Waals surface area contributed by atoms with Gasteiger partial charge in [0.15, 0.2) is 6.23 Å². The van der Waals surface area contributed by atoms with Crippen molar-refractivity contribution in [2.75, 3.05) is 18.1 Å². The monoisotopic (exact) mass is 348 g/mol. The quantitative estimate of drug-likeness (QED) is 0.705. The fourth-order valence-electron chi connectivity index (χ4n) is 3.37. The summed E-state index contributed by atoms with van der Waals surface area (Å²) in [6.45, 7) is 6.57. The van der Waals surface area contributed by atoms with Gasteiger partial charge in [0.1, 0.15) is 5.69 Å². The Bertz CT molecular complexity index is 872. The molecule has 134 valence electrons. The molecular weight excluding hydrogens is 324 g/mol. The van der Waals surface area contributed by atoms with Gasteiger partial charge in [0, 0.05) is 12.2 Å². The molecule has 1 aliphatic heterocycles. The molecule has 1 fully saturated rings. The van der Waals surface area contributed by atoms with Crippen LogP contribution < -0.4 is 4.90 Å². The van der Waals surface area contributed by atoms with E-state index in [1.807, 2.05) is 10.9 Å². The zero-order chi connectivity index (χ0) is 17.9. The minimum Gasteiger partial charge on any atom is -0.350 e. The first-order valence-electron chi connectivity index (χ1n) is 9.16. The highest BCUT2D eigenvalue weighted by Crippen LogP contribution is 2.31. The summed E-state index contributed by atoms with van der Waals surface area (Å²) in [6, 6.07) is 17.1. The van der Waals surface area contributed by atoms with Crippen LogP contribution in [0.3, 0.4) is 0 Å². The maximum absolute atomic E-state index is 5.96. The molecule has 0 amide bonds. The van der Waals surface area contributed by atoms with E-state index in [0.717, 1.165) is 30.9 Å². The largest absolute Gasteiger partial charge is 0.350 e. The van der Waals surface area contributed by atoms with Gasteiger partial charge in [-0.2, -0.15) is 0 Å². The molecule has 0 aliphatic carbocycles. The summed E-state index contributed by atoms with van der Waals surface area (Å²) in [5.41, 5.74) is 5.88. The van der Waals surface area contributed by atoms with Crippen molar-refractivity contribution in [3.8, 4) is 0 Å². The Hall–Kier alpha value is -2.66. The van der Waals surface area contributed by atoms with E-state index in [0.29, 0.717) is 6.61 Å². The summed E-state index contributed by atoms with van der Waals surface area (Å²) >= 11 is 0. The van der Waals surface area contributed by atoms with Gasteiger partial charge in [-0.1, -0.05) is 48.5 Å². The maximum Gasteiger partial charge on any atom is 0.177 e. The fraction of sp³-hybridized carbons (Fsp3) is 0.333. The van der Waals surface area contributed by atoms with Crippen LogP contribution in [-0.4, -0.2) is 28.1 Å². The van der Waals surface area contributed by atoms with Crippen molar-refractivity contribution in [1.29, 1.82) is 0 Å². The first-order valence-corrected chi connectivity index (χ1v) is 9.16. The van der Waals surface area contributed by atoms with E-state index in [1.165, 1.54) is 16.7 Å². The molecule has 1 unspecified atom stereocenters. The Balaban J connectivity index is 1.53. The lowest BCUT2D eigenvalue weighted by Gasteiger charge is -2.23. The Morgan fingerprint density at radius 3 is 2.69 bits per heavy atom. The van der Waals surface area contributed by atoms with Crippen LogP contribution in [0.5, 0.6) is 0 Å². The van der Waals surface area contributed by atoms with Crippen LogP contribution in [-0.2, 0) is 17.7 Å².